The van der Waals surface area contributed by atoms with Gasteiger partial charge in [0.2, 0.25) is 5.95 Å². The fourth-order valence-corrected chi connectivity index (χ4v) is 3.92. The van der Waals surface area contributed by atoms with Crippen molar-refractivity contribution in [2.45, 2.75) is 37.8 Å². The maximum absolute atomic E-state index is 6.27. The minimum absolute atomic E-state index is 0.149. The topological polar surface area (TPSA) is 105 Å². The summed E-state index contributed by atoms with van der Waals surface area (Å²) in [5.41, 5.74) is 10.2. The van der Waals surface area contributed by atoms with Crippen molar-refractivity contribution in [3.63, 3.8) is 0 Å². The zero-order valence-corrected chi connectivity index (χ0v) is 14.9. The first kappa shape index (κ1) is 16.1. The molecule has 0 radical (unpaired) electrons. The lowest BCUT2D eigenvalue weighted by Gasteiger charge is -2.29. The van der Waals surface area contributed by atoms with Gasteiger partial charge in [-0.05, 0) is 18.9 Å². The molecule has 136 valence electrons. The average Bonchev–Trinajstić information content (AvgIpc) is 3.13. The summed E-state index contributed by atoms with van der Waals surface area (Å²) in [6.45, 7) is 0. The van der Waals surface area contributed by atoms with Crippen molar-refractivity contribution < 1.29 is 0 Å². The number of nitrogens with zero attached hydrogens (tertiary/aromatic N) is 4. The molecule has 0 aromatic carbocycles. The number of aromatic nitrogens is 5. The highest BCUT2D eigenvalue weighted by Crippen LogP contribution is 2.32. The van der Waals surface area contributed by atoms with Crippen molar-refractivity contribution in [1.29, 1.82) is 0 Å². The van der Waals surface area contributed by atoms with Crippen molar-refractivity contribution in [2.24, 2.45) is 5.73 Å². The minimum atomic E-state index is 0.149. The molecule has 0 bridgehead atoms. The largest absolute Gasteiger partial charge is 0.359 e. The first-order valence-corrected chi connectivity index (χ1v) is 9.34. The van der Waals surface area contributed by atoms with Crippen LogP contribution in [-0.2, 0) is 0 Å². The molecule has 1 aliphatic rings. The molecule has 0 saturated heterocycles. The quantitative estimate of drug-likeness (QED) is 0.518. The summed E-state index contributed by atoms with van der Waals surface area (Å²) in [5.74, 6) is 0.624. The van der Waals surface area contributed by atoms with E-state index in [2.05, 4.69) is 25.3 Å². The van der Waals surface area contributed by atoms with Crippen LogP contribution in [0.2, 0.25) is 0 Å². The standard InChI is InChI=1S/C20H21N7/c21-16-3-1-2-4-17(16)26-20-25-8-12-7-23-9-15(19(12)27-20)14-10-24-18-11-22-6-5-13(14)18/h5-11,16-17,24H,1-4,21H2,(H,25,26,27). The molecule has 0 amide bonds. The Morgan fingerprint density at radius 3 is 2.89 bits per heavy atom. The summed E-state index contributed by atoms with van der Waals surface area (Å²) in [6.07, 6.45) is 15.6. The molecule has 1 fully saturated rings. The number of H-pyrrole nitrogens is 1. The Hall–Kier alpha value is -3.06. The van der Waals surface area contributed by atoms with Crippen LogP contribution in [0.15, 0.2) is 43.2 Å². The van der Waals surface area contributed by atoms with Gasteiger partial charge in [0.15, 0.2) is 0 Å². The van der Waals surface area contributed by atoms with Gasteiger partial charge in [0.25, 0.3) is 0 Å². The van der Waals surface area contributed by atoms with E-state index in [-0.39, 0.29) is 12.1 Å². The number of hydrogen-bond donors (Lipinski definition) is 3. The summed E-state index contributed by atoms with van der Waals surface area (Å²) in [7, 11) is 0. The van der Waals surface area contributed by atoms with Crippen molar-refractivity contribution in [3.8, 4) is 11.1 Å². The summed E-state index contributed by atoms with van der Waals surface area (Å²) in [5, 5.41) is 5.46. The molecule has 7 heteroatoms. The van der Waals surface area contributed by atoms with Crippen LogP contribution >= 0.6 is 0 Å². The van der Waals surface area contributed by atoms with Gasteiger partial charge in [-0.15, -0.1) is 0 Å². The molecular formula is C20H21N7. The Kier molecular flexibility index (Phi) is 3.94. The van der Waals surface area contributed by atoms with Crippen LogP contribution in [0.25, 0.3) is 32.9 Å². The first-order chi connectivity index (χ1) is 13.3. The maximum Gasteiger partial charge on any atom is 0.223 e. The summed E-state index contributed by atoms with van der Waals surface area (Å²) in [6, 6.07) is 2.37. The molecule has 4 heterocycles. The average molecular weight is 359 g/mol. The highest BCUT2D eigenvalue weighted by Gasteiger charge is 2.22. The molecule has 0 aliphatic heterocycles. The van der Waals surface area contributed by atoms with E-state index in [1.807, 2.05) is 30.9 Å². The van der Waals surface area contributed by atoms with Crippen molar-refractivity contribution >= 4 is 27.8 Å². The Bertz CT molecular complexity index is 1100. The smallest absolute Gasteiger partial charge is 0.223 e. The van der Waals surface area contributed by atoms with E-state index in [9.17, 15) is 0 Å². The summed E-state index contributed by atoms with van der Waals surface area (Å²) in [4.78, 5) is 21.1. The van der Waals surface area contributed by atoms with Gasteiger partial charge in [-0.25, -0.2) is 9.97 Å². The lowest BCUT2D eigenvalue weighted by Crippen LogP contribution is -2.42. The molecule has 7 nitrogen and oxygen atoms in total. The van der Waals surface area contributed by atoms with E-state index in [0.717, 1.165) is 45.8 Å². The van der Waals surface area contributed by atoms with Crippen molar-refractivity contribution in [2.75, 3.05) is 5.32 Å². The van der Waals surface area contributed by atoms with Gasteiger partial charge in [-0.3, -0.25) is 9.97 Å². The molecular weight excluding hydrogens is 338 g/mol. The normalized spacial score (nSPS) is 20.2. The van der Waals surface area contributed by atoms with Crippen LogP contribution in [0.1, 0.15) is 25.7 Å². The van der Waals surface area contributed by atoms with Crippen LogP contribution in [0, 0.1) is 0 Å². The van der Waals surface area contributed by atoms with E-state index in [1.54, 1.807) is 12.4 Å². The van der Waals surface area contributed by atoms with Gasteiger partial charge in [-0.1, -0.05) is 12.8 Å². The number of fused-ring (bicyclic) bond motifs is 2. The Balaban J connectivity index is 1.59. The second kappa shape index (κ2) is 6.59. The third-order valence-electron chi connectivity index (χ3n) is 5.40. The molecule has 1 aliphatic carbocycles. The van der Waals surface area contributed by atoms with Crippen molar-refractivity contribution in [1.82, 2.24) is 24.9 Å². The van der Waals surface area contributed by atoms with E-state index in [0.29, 0.717) is 5.95 Å². The van der Waals surface area contributed by atoms with Gasteiger partial charge in [0.05, 0.1) is 17.2 Å². The zero-order valence-electron chi connectivity index (χ0n) is 14.9. The molecule has 4 aromatic heterocycles. The van der Waals surface area contributed by atoms with E-state index in [4.69, 9.17) is 10.7 Å². The second-order valence-corrected chi connectivity index (χ2v) is 7.14. The monoisotopic (exact) mass is 359 g/mol. The number of aromatic amines is 1. The van der Waals surface area contributed by atoms with Crippen LogP contribution < -0.4 is 11.1 Å². The third kappa shape index (κ3) is 2.90. The van der Waals surface area contributed by atoms with Gasteiger partial charge in [-0.2, -0.15) is 0 Å². The lowest BCUT2D eigenvalue weighted by molar-refractivity contribution is 0.402. The summed E-state index contributed by atoms with van der Waals surface area (Å²) >= 11 is 0. The number of anilines is 1. The molecule has 1 saturated carbocycles. The van der Waals surface area contributed by atoms with Gasteiger partial charge >= 0.3 is 0 Å². The molecule has 27 heavy (non-hydrogen) atoms. The van der Waals surface area contributed by atoms with E-state index < -0.39 is 0 Å². The highest BCUT2D eigenvalue weighted by molar-refractivity contribution is 6.02. The number of nitrogens with one attached hydrogen (secondary N) is 2. The van der Waals surface area contributed by atoms with Crippen molar-refractivity contribution in [3.05, 3.63) is 43.2 Å². The highest BCUT2D eigenvalue weighted by atomic mass is 15.1. The molecule has 5 rings (SSSR count). The molecule has 4 aromatic rings. The van der Waals surface area contributed by atoms with Gasteiger partial charge in [0.1, 0.15) is 0 Å². The molecule has 2 unspecified atom stereocenters. The lowest BCUT2D eigenvalue weighted by atomic mass is 9.91. The van der Waals surface area contributed by atoms with E-state index >= 15 is 0 Å². The summed E-state index contributed by atoms with van der Waals surface area (Å²) < 4.78 is 0. The van der Waals surface area contributed by atoms with Crippen LogP contribution in [-0.4, -0.2) is 37.0 Å². The number of pyridine rings is 2. The van der Waals surface area contributed by atoms with E-state index in [1.165, 1.54) is 12.8 Å². The predicted octanol–water partition coefficient (Wildman–Crippen LogP) is 3.25. The van der Waals surface area contributed by atoms with Crippen LogP contribution in [0.5, 0.6) is 0 Å². The minimum Gasteiger partial charge on any atom is -0.359 e. The number of hydrogen-bond acceptors (Lipinski definition) is 6. The third-order valence-corrected chi connectivity index (χ3v) is 5.40. The second-order valence-electron chi connectivity index (χ2n) is 7.14. The number of nitrogens with two attached hydrogens (primary N) is 1. The Morgan fingerprint density at radius 1 is 1.04 bits per heavy atom. The fraction of sp³-hybridized carbons (Fsp3) is 0.300. The van der Waals surface area contributed by atoms with Crippen LogP contribution in [0.3, 0.4) is 0 Å². The zero-order chi connectivity index (χ0) is 18.2. The van der Waals surface area contributed by atoms with Gasteiger partial charge in [0, 0.05) is 65.0 Å². The molecule has 4 N–H and O–H groups in total. The SMILES string of the molecule is NC1CCCCC1Nc1ncc2cncc(-c3c[nH]c4cnccc34)c2n1. The number of rotatable bonds is 3. The Labute approximate surface area is 156 Å². The van der Waals surface area contributed by atoms with Crippen LogP contribution in [0.4, 0.5) is 5.95 Å². The Morgan fingerprint density at radius 2 is 1.96 bits per heavy atom. The first-order valence-electron chi connectivity index (χ1n) is 9.34. The van der Waals surface area contributed by atoms with Gasteiger partial charge < -0.3 is 16.0 Å². The molecule has 0 spiro atoms. The fourth-order valence-electron chi connectivity index (χ4n) is 3.92. The maximum atomic E-state index is 6.27. The predicted molar refractivity (Wildman–Crippen MR) is 106 cm³/mol. The molecule has 2 atom stereocenters.